The first kappa shape index (κ1) is 21.5. The summed E-state index contributed by atoms with van der Waals surface area (Å²) in [6.45, 7) is 3.98. The van der Waals surface area contributed by atoms with Gasteiger partial charge in [-0.3, -0.25) is 19.9 Å². The van der Waals surface area contributed by atoms with E-state index < -0.39 is 0 Å². The Morgan fingerprint density at radius 1 is 1.20 bits per heavy atom. The van der Waals surface area contributed by atoms with Crippen LogP contribution in [0.2, 0.25) is 0 Å². The van der Waals surface area contributed by atoms with Crippen LogP contribution in [0.5, 0.6) is 5.75 Å². The number of hydrogen-bond donors (Lipinski definition) is 2. The second-order valence-corrected chi connectivity index (χ2v) is 8.38. The second kappa shape index (κ2) is 10.0. The number of carbonyl (C=O) groups is 1. The lowest BCUT2D eigenvalue weighted by atomic mass is 9.99. The maximum absolute atomic E-state index is 14.2. The van der Waals surface area contributed by atoms with Crippen molar-refractivity contribution in [1.29, 1.82) is 0 Å². The molecule has 8 heteroatoms. The van der Waals surface area contributed by atoms with Gasteiger partial charge in [-0.2, -0.15) is 0 Å². The molecule has 3 aliphatic rings. The fraction of sp³-hybridized carbons (Fsp3) is 0.682. The van der Waals surface area contributed by atoms with Crippen LogP contribution in [0.3, 0.4) is 0 Å². The van der Waals surface area contributed by atoms with E-state index in [1.807, 2.05) is 6.07 Å². The fourth-order valence-electron chi connectivity index (χ4n) is 4.93. The van der Waals surface area contributed by atoms with Gasteiger partial charge >= 0.3 is 0 Å². The third-order valence-corrected chi connectivity index (χ3v) is 6.48. The zero-order valence-electron chi connectivity index (χ0n) is 17.7. The first-order valence-electron chi connectivity index (χ1n) is 11.1. The summed E-state index contributed by atoms with van der Waals surface area (Å²) in [4.78, 5) is 17.2. The molecule has 0 radical (unpaired) electrons. The molecule has 2 N–H and O–H groups in total. The van der Waals surface area contributed by atoms with Gasteiger partial charge < -0.3 is 14.8 Å². The molecule has 3 atom stereocenters. The van der Waals surface area contributed by atoms with Crippen molar-refractivity contribution in [3.8, 4) is 5.75 Å². The summed E-state index contributed by atoms with van der Waals surface area (Å²) in [5, 5.41) is 6.82. The standard InChI is InChI=1S/C22H33FN4O3/c1-29-21-16(6-5-8-18(21)23)14-17-7-3-2-4-9-27(17)22-24-19(15-20(28)25-22)26-10-12-30-13-11-26/h5-6,8,17,19,22,24H,2-4,7,9-15H2,1H3,(H,25,28)/t17-,19?,22?/m1/s1. The van der Waals surface area contributed by atoms with Gasteiger partial charge in [0.1, 0.15) is 6.29 Å². The van der Waals surface area contributed by atoms with Gasteiger partial charge in [0.25, 0.3) is 0 Å². The smallest absolute Gasteiger partial charge is 0.225 e. The highest BCUT2D eigenvalue weighted by Gasteiger charge is 2.36. The van der Waals surface area contributed by atoms with Gasteiger partial charge in [-0.15, -0.1) is 0 Å². The summed E-state index contributed by atoms with van der Waals surface area (Å²) >= 11 is 0. The molecule has 1 amide bonds. The molecule has 1 aromatic carbocycles. The van der Waals surface area contributed by atoms with E-state index in [-0.39, 0.29) is 30.2 Å². The SMILES string of the molecule is COc1c(F)cccc1C[C@H]1CCCCCN1C1NC(=O)CC(N2CCOCC2)N1. The van der Waals surface area contributed by atoms with E-state index >= 15 is 0 Å². The lowest BCUT2D eigenvalue weighted by Gasteiger charge is -2.45. The first-order valence-corrected chi connectivity index (χ1v) is 11.1. The Bertz CT molecular complexity index is 728. The molecule has 4 rings (SSSR count). The van der Waals surface area contributed by atoms with E-state index in [1.54, 1.807) is 6.07 Å². The third-order valence-electron chi connectivity index (χ3n) is 6.48. The molecule has 0 saturated carbocycles. The number of hydrogen-bond acceptors (Lipinski definition) is 6. The Balaban J connectivity index is 1.52. The van der Waals surface area contributed by atoms with Crippen molar-refractivity contribution in [1.82, 2.24) is 20.4 Å². The minimum atomic E-state index is -0.327. The number of benzene rings is 1. The van der Waals surface area contributed by atoms with Crippen LogP contribution in [0.15, 0.2) is 18.2 Å². The van der Waals surface area contributed by atoms with Crippen molar-refractivity contribution in [2.45, 2.75) is 57.0 Å². The van der Waals surface area contributed by atoms with E-state index in [2.05, 4.69) is 20.4 Å². The molecule has 3 heterocycles. The highest BCUT2D eigenvalue weighted by molar-refractivity contribution is 5.77. The van der Waals surface area contributed by atoms with E-state index in [4.69, 9.17) is 9.47 Å². The topological polar surface area (TPSA) is 66.1 Å². The molecule has 7 nitrogen and oxygen atoms in total. The van der Waals surface area contributed by atoms with Crippen molar-refractivity contribution >= 4 is 5.91 Å². The molecular formula is C22H33FN4O3. The van der Waals surface area contributed by atoms with Gasteiger partial charge in [0.2, 0.25) is 5.91 Å². The van der Waals surface area contributed by atoms with Crippen LogP contribution >= 0.6 is 0 Å². The lowest BCUT2D eigenvalue weighted by Crippen LogP contribution is -2.69. The van der Waals surface area contributed by atoms with Crippen LogP contribution in [0.4, 0.5) is 4.39 Å². The monoisotopic (exact) mass is 420 g/mol. The second-order valence-electron chi connectivity index (χ2n) is 8.38. The van der Waals surface area contributed by atoms with E-state index in [1.165, 1.54) is 19.6 Å². The summed E-state index contributed by atoms with van der Waals surface area (Å²) in [5.74, 6) is 0.0711. The summed E-state index contributed by atoms with van der Waals surface area (Å²) in [6, 6.07) is 5.31. The first-order chi connectivity index (χ1) is 14.7. The Kier molecular flexibility index (Phi) is 7.20. The zero-order chi connectivity index (χ0) is 20.9. The average Bonchev–Trinajstić information content (AvgIpc) is 3.00. The predicted molar refractivity (Wildman–Crippen MR) is 111 cm³/mol. The van der Waals surface area contributed by atoms with Crippen LogP contribution in [0.1, 0.15) is 37.7 Å². The van der Waals surface area contributed by atoms with E-state index in [0.29, 0.717) is 31.8 Å². The summed E-state index contributed by atoms with van der Waals surface area (Å²) < 4.78 is 25.0. The highest BCUT2D eigenvalue weighted by Crippen LogP contribution is 2.28. The van der Waals surface area contributed by atoms with Gasteiger partial charge in [0.05, 0.1) is 32.9 Å². The molecule has 0 aliphatic carbocycles. The van der Waals surface area contributed by atoms with Crippen molar-refractivity contribution in [2.75, 3.05) is 40.0 Å². The summed E-state index contributed by atoms with van der Waals surface area (Å²) in [6.07, 6.45) is 5.34. The van der Waals surface area contributed by atoms with E-state index in [9.17, 15) is 9.18 Å². The minimum absolute atomic E-state index is 0.0141. The maximum atomic E-state index is 14.2. The van der Waals surface area contributed by atoms with Crippen molar-refractivity contribution in [3.05, 3.63) is 29.6 Å². The van der Waals surface area contributed by atoms with E-state index in [0.717, 1.165) is 44.5 Å². The Labute approximate surface area is 177 Å². The largest absolute Gasteiger partial charge is 0.493 e. The molecule has 2 unspecified atom stereocenters. The molecule has 1 aromatic rings. The van der Waals surface area contributed by atoms with Gasteiger partial charge in [-0.1, -0.05) is 25.0 Å². The zero-order valence-corrected chi connectivity index (χ0v) is 17.7. The molecule has 166 valence electrons. The average molecular weight is 421 g/mol. The quantitative estimate of drug-likeness (QED) is 0.756. The van der Waals surface area contributed by atoms with Crippen LogP contribution < -0.4 is 15.4 Å². The molecule has 0 bridgehead atoms. The number of morpholine rings is 1. The van der Waals surface area contributed by atoms with Crippen LogP contribution in [-0.2, 0) is 16.0 Å². The number of likely N-dealkylation sites (tertiary alicyclic amines) is 1. The van der Waals surface area contributed by atoms with Crippen molar-refractivity contribution in [2.24, 2.45) is 0 Å². The van der Waals surface area contributed by atoms with Crippen LogP contribution in [0, 0.1) is 5.82 Å². The molecule has 3 saturated heterocycles. The Morgan fingerprint density at radius 3 is 2.83 bits per heavy atom. The molecular weight excluding hydrogens is 387 g/mol. The minimum Gasteiger partial charge on any atom is -0.493 e. The molecule has 3 aliphatic heterocycles. The van der Waals surface area contributed by atoms with Gasteiger partial charge in [-0.05, 0) is 30.9 Å². The highest BCUT2D eigenvalue weighted by atomic mass is 19.1. The molecule has 0 aromatic heterocycles. The maximum Gasteiger partial charge on any atom is 0.225 e. The van der Waals surface area contributed by atoms with Crippen LogP contribution in [-0.4, -0.2) is 74.2 Å². The number of carbonyl (C=O) groups excluding carboxylic acids is 1. The number of nitrogens with zero attached hydrogens (tertiary/aromatic N) is 2. The number of halogens is 1. The molecule has 30 heavy (non-hydrogen) atoms. The van der Waals surface area contributed by atoms with Crippen molar-refractivity contribution < 1.29 is 18.7 Å². The normalized spacial score (nSPS) is 29.3. The summed E-state index contributed by atoms with van der Waals surface area (Å²) in [7, 11) is 1.52. The Morgan fingerprint density at radius 2 is 2.03 bits per heavy atom. The number of nitrogens with one attached hydrogen (secondary N) is 2. The molecule has 3 fully saturated rings. The lowest BCUT2D eigenvalue weighted by molar-refractivity contribution is -0.131. The van der Waals surface area contributed by atoms with Gasteiger partial charge in [-0.25, -0.2) is 4.39 Å². The Hall–Kier alpha value is -1.74. The predicted octanol–water partition coefficient (Wildman–Crippen LogP) is 1.67. The third kappa shape index (κ3) is 4.94. The number of methoxy groups -OCH3 is 1. The number of amides is 1. The number of para-hydroxylation sites is 1. The van der Waals surface area contributed by atoms with Crippen molar-refractivity contribution in [3.63, 3.8) is 0 Å². The van der Waals surface area contributed by atoms with Gasteiger partial charge in [0.15, 0.2) is 11.6 Å². The van der Waals surface area contributed by atoms with Gasteiger partial charge in [0, 0.05) is 25.7 Å². The van der Waals surface area contributed by atoms with Crippen LogP contribution in [0.25, 0.3) is 0 Å². The summed E-state index contributed by atoms with van der Waals surface area (Å²) in [5.41, 5.74) is 0.876. The fourth-order valence-corrected chi connectivity index (χ4v) is 4.93. The molecule has 0 spiro atoms. The number of ether oxygens (including phenoxy) is 2. The number of rotatable bonds is 5.